The summed E-state index contributed by atoms with van der Waals surface area (Å²) in [5.74, 6) is 0.941. The van der Waals surface area contributed by atoms with E-state index in [-0.39, 0.29) is 17.8 Å². The van der Waals surface area contributed by atoms with Crippen LogP contribution >= 0.6 is 0 Å². The Kier molecular flexibility index (Phi) is 6.12. The molecule has 37 heavy (non-hydrogen) atoms. The molecule has 5 rings (SSSR count). The predicted molar refractivity (Wildman–Crippen MR) is 140 cm³/mol. The Morgan fingerprint density at radius 2 is 1.89 bits per heavy atom. The summed E-state index contributed by atoms with van der Waals surface area (Å²) in [4.78, 5) is 30.7. The van der Waals surface area contributed by atoms with Crippen molar-refractivity contribution in [1.82, 2.24) is 24.4 Å². The van der Waals surface area contributed by atoms with Gasteiger partial charge in [-0.15, -0.1) is 0 Å². The molecule has 4 heterocycles. The van der Waals surface area contributed by atoms with Gasteiger partial charge < -0.3 is 9.80 Å². The standard InChI is InChI=1S/C28H28FN7O/c1-18-15-34(11-12-35(18)27(37)28(2,3)4)25-24-21(20-7-5-6-8-22(20)29)16-36(26(24)33-17-32-25)23-13-19(14-30)9-10-31-23/h5-10,13,16-18H,11-12,15H2,1-4H3/t18-/m1/s1. The number of pyridine rings is 1. The summed E-state index contributed by atoms with van der Waals surface area (Å²) < 4.78 is 16.8. The summed E-state index contributed by atoms with van der Waals surface area (Å²) in [5, 5.41) is 10.1. The second-order valence-corrected chi connectivity index (χ2v) is 10.3. The molecule has 1 aliphatic heterocycles. The number of nitrogens with zero attached hydrogens (tertiary/aromatic N) is 7. The van der Waals surface area contributed by atoms with Crippen molar-refractivity contribution in [3.8, 4) is 23.0 Å². The van der Waals surface area contributed by atoms with Gasteiger partial charge in [0.2, 0.25) is 5.91 Å². The molecule has 1 atom stereocenters. The maximum Gasteiger partial charge on any atom is 0.228 e. The average Bonchev–Trinajstić information content (AvgIpc) is 3.28. The first-order valence-corrected chi connectivity index (χ1v) is 12.2. The van der Waals surface area contributed by atoms with E-state index in [2.05, 4.69) is 25.9 Å². The van der Waals surface area contributed by atoms with Crippen LogP contribution in [-0.2, 0) is 4.79 Å². The van der Waals surface area contributed by atoms with Crippen LogP contribution in [0.1, 0.15) is 33.3 Å². The number of rotatable bonds is 3. The van der Waals surface area contributed by atoms with E-state index in [0.717, 1.165) is 0 Å². The lowest BCUT2D eigenvalue weighted by atomic mass is 9.93. The Morgan fingerprint density at radius 1 is 1.11 bits per heavy atom. The van der Waals surface area contributed by atoms with E-state index in [1.807, 2.05) is 32.6 Å². The number of hydrogen-bond donors (Lipinski definition) is 0. The molecule has 0 saturated carbocycles. The van der Waals surface area contributed by atoms with Crippen LogP contribution in [-0.4, -0.2) is 56.0 Å². The van der Waals surface area contributed by atoms with Gasteiger partial charge >= 0.3 is 0 Å². The molecule has 0 bridgehead atoms. The fraction of sp³-hybridized carbons (Fsp3) is 0.321. The van der Waals surface area contributed by atoms with E-state index in [1.54, 1.807) is 47.3 Å². The van der Waals surface area contributed by atoms with Crippen LogP contribution < -0.4 is 4.90 Å². The van der Waals surface area contributed by atoms with E-state index in [0.29, 0.717) is 59.0 Å². The Bertz CT molecular complexity index is 1530. The summed E-state index contributed by atoms with van der Waals surface area (Å²) in [6.45, 7) is 9.56. The number of piperazine rings is 1. The number of amides is 1. The molecule has 0 radical (unpaired) electrons. The molecule has 1 aliphatic rings. The van der Waals surface area contributed by atoms with Crippen molar-refractivity contribution in [3.05, 3.63) is 66.5 Å². The van der Waals surface area contributed by atoms with Crippen molar-refractivity contribution in [2.75, 3.05) is 24.5 Å². The molecule has 1 aromatic carbocycles. The lowest BCUT2D eigenvalue weighted by Crippen LogP contribution is -2.56. The first kappa shape index (κ1) is 24.4. The first-order chi connectivity index (χ1) is 17.7. The zero-order valence-corrected chi connectivity index (χ0v) is 21.3. The molecule has 1 saturated heterocycles. The minimum atomic E-state index is -0.460. The maximum atomic E-state index is 15.1. The fourth-order valence-electron chi connectivity index (χ4n) is 4.85. The van der Waals surface area contributed by atoms with E-state index in [4.69, 9.17) is 0 Å². The topological polar surface area (TPSA) is 90.9 Å². The normalized spacial score (nSPS) is 16.2. The molecular weight excluding hydrogens is 469 g/mol. The number of carbonyl (C=O) groups is 1. The Morgan fingerprint density at radius 3 is 2.59 bits per heavy atom. The Labute approximate surface area is 215 Å². The minimum Gasteiger partial charge on any atom is -0.352 e. The summed E-state index contributed by atoms with van der Waals surface area (Å²) in [5.41, 5.74) is 1.62. The monoisotopic (exact) mass is 497 g/mol. The number of nitriles is 1. The molecule has 1 amide bonds. The highest BCUT2D eigenvalue weighted by Gasteiger charge is 2.35. The molecule has 3 aromatic heterocycles. The van der Waals surface area contributed by atoms with Gasteiger partial charge in [0, 0.05) is 54.6 Å². The van der Waals surface area contributed by atoms with E-state index in [1.165, 1.54) is 12.4 Å². The minimum absolute atomic E-state index is 0.0292. The van der Waals surface area contributed by atoms with Crippen LogP contribution in [0.3, 0.4) is 0 Å². The van der Waals surface area contributed by atoms with Crippen LogP contribution in [0.15, 0.2) is 55.1 Å². The van der Waals surface area contributed by atoms with Gasteiger partial charge in [-0.05, 0) is 25.1 Å². The maximum absolute atomic E-state index is 15.1. The van der Waals surface area contributed by atoms with E-state index in [9.17, 15) is 10.1 Å². The SMILES string of the molecule is C[C@@H]1CN(c2ncnc3c2c(-c2ccccc2F)cn3-c2cc(C#N)ccn2)CCN1C(=O)C(C)(C)C. The summed E-state index contributed by atoms with van der Waals surface area (Å²) >= 11 is 0. The number of halogens is 1. The number of aromatic nitrogens is 4. The van der Waals surface area contributed by atoms with Gasteiger partial charge in [-0.1, -0.05) is 39.0 Å². The molecular formula is C28H28FN7O. The van der Waals surface area contributed by atoms with E-state index < -0.39 is 5.41 Å². The number of benzene rings is 1. The van der Waals surface area contributed by atoms with Crippen LogP contribution in [0, 0.1) is 22.6 Å². The van der Waals surface area contributed by atoms with Crippen LogP contribution in [0.2, 0.25) is 0 Å². The molecule has 0 unspecified atom stereocenters. The van der Waals surface area contributed by atoms with Crippen molar-refractivity contribution in [2.24, 2.45) is 5.41 Å². The number of hydrogen-bond acceptors (Lipinski definition) is 6. The summed E-state index contributed by atoms with van der Waals surface area (Å²) in [7, 11) is 0. The van der Waals surface area contributed by atoms with Crippen LogP contribution in [0.25, 0.3) is 28.0 Å². The smallest absolute Gasteiger partial charge is 0.228 e. The quantitative estimate of drug-likeness (QED) is 0.412. The molecule has 0 spiro atoms. The third kappa shape index (κ3) is 4.40. The zero-order valence-electron chi connectivity index (χ0n) is 21.3. The van der Waals surface area contributed by atoms with Crippen LogP contribution in [0.5, 0.6) is 0 Å². The number of carbonyl (C=O) groups excluding carboxylic acids is 1. The third-order valence-corrected chi connectivity index (χ3v) is 6.68. The van der Waals surface area contributed by atoms with Gasteiger partial charge in [-0.2, -0.15) is 5.26 Å². The number of anilines is 1. The second kappa shape index (κ2) is 9.28. The molecule has 188 valence electrons. The van der Waals surface area contributed by atoms with Crippen molar-refractivity contribution >= 4 is 22.8 Å². The third-order valence-electron chi connectivity index (χ3n) is 6.68. The average molecular weight is 498 g/mol. The predicted octanol–water partition coefficient (Wildman–Crippen LogP) is 4.58. The summed E-state index contributed by atoms with van der Waals surface area (Å²) in [6.07, 6.45) is 4.86. The highest BCUT2D eigenvalue weighted by atomic mass is 19.1. The first-order valence-electron chi connectivity index (χ1n) is 12.2. The molecule has 9 heteroatoms. The highest BCUT2D eigenvalue weighted by molar-refractivity contribution is 6.02. The zero-order chi connectivity index (χ0) is 26.3. The largest absolute Gasteiger partial charge is 0.352 e. The molecule has 0 N–H and O–H groups in total. The van der Waals surface area contributed by atoms with Gasteiger partial charge in [0.15, 0.2) is 5.65 Å². The van der Waals surface area contributed by atoms with Gasteiger partial charge in [0.1, 0.15) is 23.8 Å². The van der Waals surface area contributed by atoms with Crippen molar-refractivity contribution in [3.63, 3.8) is 0 Å². The van der Waals surface area contributed by atoms with Crippen LogP contribution in [0.4, 0.5) is 10.2 Å². The van der Waals surface area contributed by atoms with Gasteiger partial charge in [-0.3, -0.25) is 9.36 Å². The van der Waals surface area contributed by atoms with Crippen molar-refractivity contribution < 1.29 is 9.18 Å². The summed E-state index contributed by atoms with van der Waals surface area (Å²) in [6, 6.07) is 12.0. The van der Waals surface area contributed by atoms with Crippen molar-refractivity contribution in [1.29, 1.82) is 5.26 Å². The number of fused-ring (bicyclic) bond motifs is 1. The Balaban J connectivity index is 1.65. The van der Waals surface area contributed by atoms with Gasteiger partial charge in [-0.25, -0.2) is 19.3 Å². The lowest BCUT2D eigenvalue weighted by Gasteiger charge is -2.42. The van der Waals surface area contributed by atoms with E-state index >= 15 is 4.39 Å². The molecule has 4 aromatic rings. The fourth-order valence-corrected chi connectivity index (χ4v) is 4.85. The highest BCUT2D eigenvalue weighted by Crippen LogP contribution is 2.38. The molecule has 1 fully saturated rings. The van der Waals surface area contributed by atoms with Gasteiger partial charge in [0.25, 0.3) is 0 Å². The Hall–Kier alpha value is -4.32. The molecule has 8 nitrogen and oxygen atoms in total. The van der Waals surface area contributed by atoms with Crippen molar-refractivity contribution in [2.45, 2.75) is 33.7 Å². The lowest BCUT2D eigenvalue weighted by molar-refractivity contribution is -0.142. The molecule has 0 aliphatic carbocycles. The van der Waals surface area contributed by atoms with Gasteiger partial charge in [0.05, 0.1) is 17.0 Å². The second-order valence-electron chi connectivity index (χ2n) is 10.3.